The molecule has 0 atom stereocenters. The molecule has 7 heteroatoms. The summed E-state index contributed by atoms with van der Waals surface area (Å²) in [6.45, 7) is 1.90. The molecular formula is C17H15F3N2O2. The molecule has 0 aliphatic rings. The fourth-order valence-corrected chi connectivity index (χ4v) is 1.97. The Labute approximate surface area is 136 Å². The van der Waals surface area contributed by atoms with Gasteiger partial charge in [-0.15, -0.1) is 0 Å². The van der Waals surface area contributed by atoms with Crippen LogP contribution < -0.4 is 10.6 Å². The lowest BCUT2D eigenvalue weighted by Gasteiger charge is -2.10. The van der Waals surface area contributed by atoms with Crippen LogP contribution in [0.2, 0.25) is 0 Å². The van der Waals surface area contributed by atoms with E-state index in [1.807, 2.05) is 6.92 Å². The molecule has 0 spiro atoms. The topological polar surface area (TPSA) is 58.2 Å². The highest BCUT2D eigenvalue weighted by Crippen LogP contribution is 2.30. The van der Waals surface area contributed by atoms with Crippen LogP contribution in [-0.4, -0.2) is 11.8 Å². The molecule has 2 amide bonds. The zero-order chi connectivity index (χ0) is 17.7. The van der Waals surface area contributed by atoms with Gasteiger partial charge in [-0.3, -0.25) is 9.59 Å². The number of aryl methyl sites for hydroxylation is 1. The smallest absolute Gasteiger partial charge is 0.326 e. The molecule has 2 aromatic carbocycles. The van der Waals surface area contributed by atoms with Crippen LogP contribution >= 0.6 is 0 Å². The zero-order valence-electron chi connectivity index (χ0n) is 12.8. The molecule has 0 bridgehead atoms. The second-order valence-corrected chi connectivity index (χ2v) is 5.22. The van der Waals surface area contributed by atoms with Crippen molar-refractivity contribution in [1.29, 1.82) is 0 Å². The first kappa shape index (κ1) is 17.5. The van der Waals surface area contributed by atoms with Gasteiger partial charge in [0.25, 0.3) is 0 Å². The molecule has 4 nitrogen and oxygen atoms in total. The zero-order valence-corrected chi connectivity index (χ0v) is 12.8. The number of hydrogen-bond acceptors (Lipinski definition) is 2. The molecule has 0 saturated heterocycles. The average Bonchev–Trinajstić information content (AvgIpc) is 2.49. The van der Waals surface area contributed by atoms with Crippen LogP contribution in [0.3, 0.4) is 0 Å². The van der Waals surface area contributed by atoms with E-state index in [9.17, 15) is 22.8 Å². The molecule has 126 valence electrons. The Hall–Kier alpha value is -2.83. The summed E-state index contributed by atoms with van der Waals surface area (Å²) in [5.74, 6) is -1.25. The number of hydrogen-bond donors (Lipinski definition) is 2. The fraction of sp³-hybridized carbons (Fsp3) is 0.176. The Balaban J connectivity index is 1.93. The van der Waals surface area contributed by atoms with Crippen molar-refractivity contribution in [2.45, 2.75) is 19.5 Å². The normalized spacial score (nSPS) is 11.0. The van der Waals surface area contributed by atoms with Gasteiger partial charge in [0.15, 0.2) is 0 Å². The van der Waals surface area contributed by atoms with Crippen molar-refractivity contribution in [2.24, 2.45) is 0 Å². The van der Waals surface area contributed by atoms with Crippen LogP contribution in [0.1, 0.15) is 17.5 Å². The van der Waals surface area contributed by atoms with E-state index < -0.39 is 30.0 Å². The summed E-state index contributed by atoms with van der Waals surface area (Å²) >= 11 is 0. The highest BCUT2D eigenvalue weighted by molar-refractivity contribution is 6.08. The number of amides is 2. The van der Waals surface area contributed by atoms with Gasteiger partial charge < -0.3 is 10.6 Å². The van der Waals surface area contributed by atoms with E-state index >= 15 is 0 Å². The number of alkyl halides is 3. The molecule has 0 aliphatic heterocycles. The van der Waals surface area contributed by atoms with Gasteiger partial charge in [0.1, 0.15) is 6.42 Å². The molecule has 0 aromatic heterocycles. The summed E-state index contributed by atoms with van der Waals surface area (Å²) in [5.41, 5.74) is 0.676. The number of carbonyl (C=O) groups is 2. The maximum Gasteiger partial charge on any atom is 0.416 e. The standard InChI is InChI=1S/C17H15F3N2O2/c1-11-5-7-13(8-6-11)21-15(23)10-16(24)22-14-4-2-3-12(9-14)17(18,19)20/h2-9H,10H2,1H3,(H,21,23)(H,22,24). The van der Waals surface area contributed by atoms with Crippen molar-refractivity contribution < 1.29 is 22.8 Å². The number of anilines is 2. The minimum absolute atomic E-state index is 0.0158. The van der Waals surface area contributed by atoms with E-state index in [0.717, 1.165) is 17.7 Å². The first-order chi connectivity index (χ1) is 11.2. The van der Waals surface area contributed by atoms with Crippen molar-refractivity contribution in [3.05, 3.63) is 59.7 Å². The maximum absolute atomic E-state index is 12.6. The molecule has 2 aromatic rings. The van der Waals surface area contributed by atoms with Crippen molar-refractivity contribution in [2.75, 3.05) is 10.6 Å². The predicted octanol–water partition coefficient (Wildman–Crippen LogP) is 3.98. The number of rotatable bonds is 4. The van der Waals surface area contributed by atoms with Crippen molar-refractivity contribution in [3.63, 3.8) is 0 Å². The van der Waals surface area contributed by atoms with Gasteiger partial charge in [-0.1, -0.05) is 23.8 Å². The van der Waals surface area contributed by atoms with Crippen LogP contribution in [0.25, 0.3) is 0 Å². The Morgan fingerprint density at radius 1 is 0.917 bits per heavy atom. The summed E-state index contributed by atoms with van der Waals surface area (Å²) < 4.78 is 37.8. The monoisotopic (exact) mass is 336 g/mol. The minimum atomic E-state index is -4.50. The quantitative estimate of drug-likeness (QED) is 0.830. The third kappa shape index (κ3) is 5.12. The lowest BCUT2D eigenvalue weighted by atomic mass is 10.2. The summed E-state index contributed by atoms with van der Waals surface area (Å²) in [5, 5.41) is 4.82. The van der Waals surface area contributed by atoms with E-state index in [4.69, 9.17) is 0 Å². The summed E-state index contributed by atoms with van der Waals surface area (Å²) in [7, 11) is 0. The average molecular weight is 336 g/mol. The highest BCUT2D eigenvalue weighted by Gasteiger charge is 2.30. The molecule has 0 fully saturated rings. The van der Waals surface area contributed by atoms with Crippen LogP contribution in [0.5, 0.6) is 0 Å². The van der Waals surface area contributed by atoms with E-state index in [-0.39, 0.29) is 5.69 Å². The summed E-state index contributed by atoms with van der Waals surface area (Å²) in [6, 6.07) is 11.2. The molecule has 0 saturated carbocycles. The van der Waals surface area contributed by atoms with Gasteiger partial charge in [-0.2, -0.15) is 13.2 Å². The predicted molar refractivity (Wildman–Crippen MR) is 84.5 cm³/mol. The first-order valence-electron chi connectivity index (χ1n) is 7.08. The minimum Gasteiger partial charge on any atom is -0.326 e. The highest BCUT2D eigenvalue weighted by atomic mass is 19.4. The molecule has 0 aliphatic carbocycles. The molecule has 2 rings (SSSR count). The van der Waals surface area contributed by atoms with Gasteiger partial charge in [-0.25, -0.2) is 0 Å². The van der Waals surface area contributed by atoms with Crippen LogP contribution in [0.4, 0.5) is 24.5 Å². The maximum atomic E-state index is 12.6. The lowest BCUT2D eigenvalue weighted by molar-refractivity contribution is -0.137. The molecule has 0 heterocycles. The fourth-order valence-electron chi connectivity index (χ4n) is 1.97. The Bertz CT molecular complexity index is 740. The van der Waals surface area contributed by atoms with Gasteiger partial charge >= 0.3 is 6.18 Å². The van der Waals surface area contributed by atoms with E-state index in [2.05, 4.69) is 10.6 Å². The number of benzene rings is 2. The third-order valence-corrected chi connectivity index (χ3v) is 3.13. The summed E-state index contributed by atoms with van der Waals surface area (Å²) in [4.78, 5) is 23.5. The van der Waals surface area contributed by atoms with Crippen molar-refractivity contribution in [1.82, 2.24) is 0 Å². The van der Waals surface area contributed by atoms with E-state index in [1.54, 1.807) is 24.3 Å². The molecule has 0 unspecified atom stereocenters. The Morgan fingerprint density at radius 3 is 2.08 bits per heavy atom. The van der Waals surface area contributed by atoms with Crippen LogP contribution in [0, 0.1) is 6.92 Å². The second kappa shape index (κ2) is 7.16. The Morgan fingerprint density at radius 2 is 1.50 bits per heavy atom. The van der Waals surface area contributed by atoms with Gasteiger partial charge in [0.2, 0.25) is 11.8 Å². The van der Waals surface area contributed by atoms with Gasteiger partial charge in [-0.05, 0) is 37.3 Å². The van der Waals surface area contributed by atoms with Gasteiger partial charge in [0, 0.05) is 11.4 Å². The van der Waals surface area contributed by atoms with Crippen molar-refractivity contribution in [3.8, 4) is 0 Å². The second-order valence-electron chi connectivity index (χ2n) is 5.22. The molecule has 0 radical (unpaired) electrons. The SMILES string of the molecule is Cc1ccc(NC(=O)CC(=O)Nc2cccc(C(F)(F)F)c2)cc1. The lowest BCUT2D eigenvalue weighted by Crippen LogP contribution is -2.21. The first-order valence-corrected chi connectivity index (χ1v) is 7.08. The largest absolute Gasteiger partial charge is 0.416 e. The van der Waals surface area contributed by atoms with E-state index in [1.165, 1.54) is 12.1 Å². The van der Waals surface area contributed by atoms with Gasteiger partial charge in [0.05, 0.1) is 5.56 Å². The number of nitrogens with one attached hydrogen (secondary N) is 2. The Kier molecular flexibility index (Phi) is 5.23. The van der Waals surface area contributed by atoms with Crippen LogP contribution in [0.15, 0.2) is 48.5 Å². The van der Waals surface area contributed by atoms with Crippen molar-refractivity contribution >= 4 is 23.2 Å². The molecular weight excluding hydrogens is 321 g/mol. The van der Waals surface area contributed by atoms with Crippen LogP contribution in [-0.2, 0) is 15.8 Å². The number of carbonyl (C=O) groups excluding carboxylic acids is 2. The third-order valence-electron chi connectivity index (χ3n) is 3.13. The molecule has 2 N–H and O–H groups in total. The number of halogens is 3. The molecule has 24 heavy (non-hydrogen) atoms. The van der Waals surface area contributed by atoms with E-state index in [0.29, 0.717) is 5.69 Å². The summed E-state index contributed by atoms with van der Waals surface area (Å²) in [6.07, 6.45) is -4.99.